The van der Waals surface area contributed by atoms with Gasteiger partial charge in [0.1, 0.15) is 5.58 Å². The summed E-state index contributed by atoms with van der Waals surface area (Å²) >= 11 is 0. The van der Waals surface area contributed by atoms with Gasteiger partial charge in [-0.1, -0.05) is 36.4 Å². The Hall–Kier alpha value is -4.72. The molecular weight excluding hydrogens is 420 g/mol. The van der Waals surface area contributed by atoms with Gasteiger partial charge in [-0.15, -0.1) is 0 Å². The normalized spacial score (nSPS) is 16.3. The summed E-state index contributed by atoms with van der Waals surface area (Å²) in [6.07, 6.45) is 3.15. The number of H-pyrrole nitrogens is 1. The number of furan rings is 1. The lowest BCUT2D eigenvalue weighted by atomic mass is 9.96. The molecule has 0 aliphatic carbocycles. The number of imidazole rings is 1. The first-order valence-corrected chi connectivity index (χ1v) is 10.3. The Labute approximate surface area is 186 Å². The minimum Gasteiger partial charge on any atom is -0.503 e. The maximum atomic E-state index is 13.6. The highest BCUT2D eigenvalue weighted by molar-refractivity contribution is 6.20. The van der Waals surface area contributed by atoms with Gasteiger partial charge in [0.25, 0.3) is 5.91 Å². The number of hydrogen-bond acceptors (Lipinski definition) is 6. The van der Waals surface area contributed by atoms with Gasteiger partial charge in [-0.2, -0.15) is 0 Å². The molecule has 0 saturated carbocycles. The van der Waals surface area contributed by atoms with Crippen molar-refractivity contribution < 1.29 is 19.1 Å². The number of ketones is 1. The molecular formula is C25H16N4O4. The number of benzene rings is 2. The zero-order valence-electron chi connectivity index (χ0n) is 17.1. The van der Waals surface area contributed by atoms with E-state index in [4.69, 9.17) is 4.42 Å². The van der Waals surface area contributed by atoms with Gasteiger partial charge in [-0.25, -0.2) is 4.98 Å². The molecule has 2 aromatic carbocycles. The van der Waals surface area contributed by atoms with Crippen molar-refractivity contribution in [1.29, 1.82) is 0 Å². The fraction of sp³-hybridized carbons (Fsp3) is 0.0400. The molecule has 2 N–H and O–H groups in total. The van der Waals surface area contributed by atoms with E-state index in [9.17, 15) is 14.7 Å². The average Bonchev–Trinajstić information content (AvgIpc) is 3.53. The van der Waals surface area contributed by atoms with E-state index in [0.29, 0.717) is 16.7 Å². The number of aromatic amines is 1. The molecule has 0 fully saturated rings. The third-order valence-corrected chi connectivity index (χ3v) is 5.71. The van der Waals surface area contributed by atoms with Crippen LogP contribution in [0.25, 0.3) is 22.0 Å². The van der Waals surface area contributed by atoms with Gasteiger partial charge in [0.2, 0.25) is 11.7 Å². The number of hydrogen-bond donors (Lipinski definition) is 2. The average molecular weight is 436 g/mol. The number of aliphatic hydroxyl groups excluding tert-OH is 1. The van der Waals surface area contributed by atoms with Crippen molar-refractivity contribution in [2.24, 2.45) is 0 Å². The summed E-state index contributed by atoms with van der Waals surface area (Å²) in [6.45, 7) is 0. The van der Waals surface area contributed by atoms with Crippen molar-refractivity contribution in [3.63, 3.8) is 0 Å². The maximum absolute atomic E-state index is 13.6. The highest BCUT2D eigenvalue weighted by Crippen LogP contribution is 2.41. The SMILES string of the molecule is O=C(C1=C(O)C(=O)N(c2nc3ccccc3[nH]2)C1c1cccnc1)c1cc2ccccc2o1. The van der Waals surface area contributed by atoms with Crippen molar-refractivity contribution in [1.82, 2.24) is 15.0 Å². The van der Waals surface area contributed by atoms with Gasteiger partial charge in [0.05, 0.1) is 22.6 Å². The number of Topliss-reactive ketones (excluding diaryl/α,β-unsaturated/α-hetero) is 1. The van der Waals surface area contributed by atoms with E-state index >= 15 is 0 Å². The number of anilines is 1. The van der Waals surface area contributed by atoms with Crippen LogP contribution in [0.1, 0.15) is 22.2 Å². The molecule has 5 aromatic rings. The van der Waals surface area contributed by atoms with Crippen molar-refractivity contribution in [2.45, 2.75) is 6.04 Å². The lowest BCUT2D eigenvalue weighted by Gasteiger charge is -2.23. The summed E-state index contributed by atoms with van der Waals surface area (Å²) in [4.78, 5) is 39.9. The van der Waals surface area contributed by atoms with Crippen LogP contribution in [0.15, 0.2) is 94.9 Å². The molecule has 0 radical (unpaired) electrons. The molecule has 160 valence electrons. The van der Waals surface area contributed by atoms with Crippen LogP contribution in [-0.4, -0.2) is 31.7 Å². The Morgan fingerprint density at radius 1 is 1.06 bits per heavy atom. The molecule has 8 heteroatoms. The molecule has 8 nitrogen and oxygen atoms in total. The number of para-hydroxylation sites is 3. The molecule has 1 atom stereocenters. The van der Waals surface area contributed by atoms with E-state index in [1.54, 1.807) is 42.7 Å². The Bertz CT molecular complexity index is 1520. The van der Waals surface area contributed by atoms with Crippen LogP contribution in [0.3, 0.4) is 0 Å². The van der Waals surface area contributed by atoms with Gasteiger partial charge in [0.15, 0.2) is 11.5 Å². The second-order valence-corrected chi connectivity index (χ2v) is 7.68. The van der Waals surface area contributed by atoms with Crippen LogP contribution in [0.5, 0.6) is 0 Å². The molecule has 33 heavy (non-hydrogen) atoms. The fourth-order valence-electron chi connectivity index (χ4n) is 4.19. The maximum Gasteiger partial charge on any atom is 0.296 e. The Morgan fingerprint density at radius 2 is 1.88 bits per heavy atom. The summed E-state index contributed by atoms with van der Waals surface area (Å²) in [5, 5.41) is 11.6. The molecule has 6 rings (SSSR count). The van der Waals surface area contributed by atoms with Gasteiger partial charge in [-0.05, 0) is 35.9 Å². The summed E-state index contributed by atoms with van der Waals surface area (Å²) in [5.41, 5.74) is 2.38. The number of fused-ring (bicyclic) bond motifs is 2. The number of rotatable bonds is 4. The molecule has 1 amide bonds. The summed E-state index contributed by atoms with van der Waals surface area (Å²) in [6, 6.07) is 18.6. The number of aromatic nitrogens is 3. The largest absolute Gasteiger partial charge is 0.503 e. The smallest absolute Gasteiger partial charge is 0.296 e. The van der Waals surface area contributed by atoms with E-state index in [1.807, 2.05) is 36.4 Å². The molecule has 1 aliphatic heterocycles. The first-order valence-electron chi connectivity index (χ1n) is 10.3. The molecule has 0 saturated heterocycles. The Kier molecular flexibility index (Phi) is 4.13. The third kappa shape index (κ3) is 2.92. The summed E-state index contributed by atoms with van der Waals surface area (Å²) in [5.74, 6) is -1.71. The number of pyridine rings is 1. The number of nitrogens with zero attached hydrogens (tertiary/aromatic N) is 3. The van der Waals surface area contributed by atoms with Crippen LogP contribution in [0.4, 0.5) is 5.95 Å². The van der Waals surface area contributed by atoms with Crippen molar-refractivity contribution in [3.8, 4) is 0 Å². The van der Waals surface area contributed by atoms with E-state index in [0.717, 1.165) is 10.9 Å². The van der Waals surface area contributed by atoms with E-state index in [1.165, 1.54) is 4.90 Å². The van der Waals surface area contributed by atoms with E-state index in [2.05, 4.69) is 15.0 Å². The highest BCUT2D eigenvalue weighted by atomic mass is 16.3. The molecule has 1 aliphatic rings. The van der Waals surface area contributed by atoms with Gasteiger partial charge in [-0.3, -0.25) is 19.5 Å². The third-order valence-electron chi connectivity index (χ3n) is 5.71. The van der Waals surface area contributed by atoms with Crippen LogP contribution < -0.4 is 4.90 Å². The highest BCUT2D eigenvalue weighted by Gasteiger charge is 2.46. The van der Waals surface area contributed by atoms with Crippen LogP contribution in [0, 0.1) is 0 Å². The minimum absolute atomic E-state index is 0.0332. The van der Waals surface area contributed by atoms with Crippen LogP contribution >= 0.6 is 0 Å². The van der Waals surface area contributed by atoms with Crippen molar-refractivity contribution >= 4 is 39.6 Å². The number of aliphatic hydroxyl groups is 1. The van der Waals surface area contributed by atoms with E-state index < -0.39 is 23.5 Å². The second kappa shape index (κ2) is 7.16. The standard InChI is InChI=1S/C25H16N4O4/c30-22(19-12-14-6-1-4-10-18(14)33-19)20-21(15-7-5-11-26-13-15)29(24(32)23(20)31)25-27-16-8-2-3-9-17(16)28-25/h1-13,21,31H,(H,27,28). The number of carbonyl (C=O) groups excluding carboxylic acids is 2. The van der Waals surface area contributed by atoms with Crippen molar-refractivity contribution in [2.75, 3.05) is 4.90 Å². The van der Waals surface area contributed by atoms with Gasteiger partial charge in [0, 0.05) is 17.8 Å². The Morgan fingerprint density at radius 3 is 2.67 bits per heavy atom. The number of carbonyl (C=O) groups is 2. The number of nitrogens with one attached hydrogen (secondary N) is 1. The Balaban J connectivity index is 1.51. The van der Waals surface area contributed by atoms with Gasteiger partial charge < -0.3 is 14.5 Å². The topological polar surface area (TPSA) is 112 Å². The lowest BCUT2D eigenvalue weighted by Crippen LogP contribution is -2.32. The first-order chi connectivity index (χ1) is 16.1. The fourth-order valence-corrected chi connectivity index (χ4v) is 4.19. The molecule has 1 unspecified atom stereocenters. The second-order valence-electron chi connectivity index (χ2n) is 7.68. The lowest BCUT2D eigenvalue weighted by molar-refractivity contribution is -0.117. The molecule has 0 spiro atoms. The van der Waals surface area contributed by atoms with Crippen molar-refractivity contribution in [3.05, 3.63) is 102 Å². The van der Waals surface area contributed by atoms with Gasteiger partial charge >= 0.3 is 0 Å². The molecule has 3 aromatic heterocycles. The van der Waals surface area contributed by atoms with Crippen LogP contribution in [-0.2, 0) is 4.79 Å². The zero-order valence-corrected chi connectivity index (χ0v) is 17.1. The minimum atomic E-state index is -0.938. The predicted octanol–water partition coefficient (Wildman–Crippen LogP) is 4.49. The summed E-state index contributed by atoms with van der Waals surface area (Å²) < 4.78 is 5.74. The monoisotopic (exact) mass is 436 g/mol. The summed E-state index contributed by atoms with van der Waals surface area (Å²) in [7, 11) is 0. The molecule has 4 heterocycles. The number of amides is 1. The van der Waals surface area contributed by atoms with Crippen LogP contribution in [0.2, 0.25) is 0 Å². The molecule has 0 bridgehead atoms. The quantitative estimate of drug-likeness (QED) is 0.402. The first kappa shape index (κ1) is 19.0. The zero-order chi connectivity index (χ0) is 22.5. The van der Waals surface area contributed by atoms with E-state index in [-0.39, 0.29) is 17.3 Å². The predicted molar refractivity (Wildman–Crippen MR) is 121 cm³/mol.